The quantitative estimate of drug-likeness (QED) is 0.415. The van der Waals surface area contributed by atoms with Crippen LogP contribution in [0.1, 0.15) is 16.7 Å². The van der Waals surface area contributed by atoms with Crippen LogP contribution in [0.15, 0.2) is 61.7 Å². The molecule has 1 N–H and O–H groups in total. The lowest BCUT2D eigenvalue weighted by molar-refractivity contribution is -0.111. The Hall–Kier alpha value is -4.69. The van der Waals surface area contributed by atoms with Crippen LogP contribution in [0.5, 0.6) is 0 Å². The highest BCUT2D eigenvalue weighted by atomic mass is 19.1. The van der Waals surface area contributed by atoms with Crippen LogP contribution >= 0.6 is 0 Å². The molecule has 3 aromatic heterocycles. The number of carbonyl (C=O) groups is 1. The Bertz CT molecular complexity index is 1440. The largest absolute Gasteiger partial charge is 0.320 e. The molecule has 0 unspecified atom stereocenters. The van der Waals surface area contributed by atoms with E-state index in [0.717, 1.165) is 17.2 Å². The van der Waals surface area contributed by atoms with Gasteiger partial charge in [0.25, 0.3) is 0 Å². The van der Waals surface area contributed by atoms with Crippen LogP contribution in [0.2, 0.25) is 0 Å². The molecule has 150 valence electrons. The van der Waals surface area contributed by atoms with Crippen LogP contribution in [0, 0.1) is 29.0 Å². The van der Waals surface area contributed by atoms with Gasteiger partial charge in [-0.1, -0.05) is 18.4 Å². The van der Waals surface area contributed by atoms with Crippen LogP contribution in [-0.4, -0.2) is 25.3 Å². The first-order chi connectivity index (χ1) is 15.0. The van der Waals surface area contributed by atoms with Crippen LogP contribution in [0.3, 0.4) is 0 Å². The second-order valence-electron chi connectivity index (χ2n) is 6.65. The van der Waals surface area contributed by atoms with Gasteiger partial charge in [0.1, 0.15) is 11.9 Å². The van der Waals surface area contributed by atoms with E-state index in [1.807, 2.05) is 19.3 Å². The van der Waals surface area contributed by atoms with Gasteiger partial charge < -0.3 is 5.32 Å². The number of nitriles is 1. The minimum atomic E-state index is -0.613. The molecule has 0 saturated carbocycles. The molecule has 0 atom stereocenters. The molecule has 0 spiro atoms. The number of anilines is 1. The summed E-state index contributed by atoms with van der Waals surface area (Å²) >= 11 is 0. The zero-order valence-corrected chi connectivity index (χ0v) is 16.4. The van der Waals surface area contributed by atoms with Gasteiger partial charge in [-0.3, -0.25) is 9.48 Å². The molecule has 0 saturated heterocycles. The van der Waals surface area contributed by atoms with Crippen molar-refractivity contribution < 1.29 is 9.18 Å². The number of nitrogens with one attached hydrogen (secondary N) is 1. The lowest BCUT2D eigenvalue weighted by Gasteiger charge is -2.04. The summed E-state index contributed by atoms with van der Waals surface area (Å²) < 4.78 is 17.6. The number of carbonyl (C=O) groups excluding carboxylic acids is 1. The minimum Gasteiger partial charge on any atom is -0.320 e. The SMILES string of the molecule is C=CC(=O)Nc1ccc(C#Cc2cc(-c3cnn(C)c3)cn3ncc(C#N)c23)cc1F. The highest BCUT2D eigenvalue weighted by Crippen LogP contribution is 2.24. The zero-order valence-electron chi connectivity index (χ0n) is 16.4. The summed E-state index contributed by atoms with van der Waals surface area (Å²) in [5, 5.41) is 20.2. The molecule has 0 aliphatic rings. The summed E-state index contributed by atoms with van der Waals surface area (Å²) in [5.74, 6) is 4.82. The Labute approximate surface area is 177 Å². The predicted octanol–water partition coefficient (Wildman–Crippen LogP) is 3.27. The maximum atomic E-state index is 14.3. The van der Waals surface area contributed by atoms with Gasteiger partial charge >= 0.3 is 0 Å². The van der Waals surface area contributed by atoms with E-state index < -0.39 is 11.7 Å². The Balaban J connectivity index is 1.78. The molecule has 0 fully saturated rings. The molecule has 0 radical (unpaired) electrons. The van der Waals surface area contributed by atoms with Crippen LogP contribution in [0.25, 0.3) is 16.6 Å². The van der Waals surface area contributed by atoms with Gasteiger partial charge in [0.05, 0.1) is 34.7 Å². The van der Waals surface area contributed by atoms with Gasteiger partial charge in [-0.15, -0.1) is 0 Å². The fraction of sp³-hybridized carbons (Fsp3) is 0.0435. The Morgan fingerprint density at radius 3 is 2.68 bits per heavy atom. The molecule has 7 nitrogen and oxygen atoms in total. The fourth-order valence-corrected chi connectivity index (χ4v) is 3.04. The number of pyridine rings is 1. The maximum Gasteiger partial charge on any atom is 0.247 e. The van der Waals surface area contributed by atoms with E-state index in [2.05, 4.69) is 40.0 Å². The average molecular weight is 410 g/mol. The number of fused-ring (bicyclic) bond motifs is 1. The number of hydrogen-bond acceptors (Lipinski definition) is 4. The van der Waals surface area contributed by atoms with Crippen molar-refractivity contribution in [2.45, 2.75) is 0 Å². The van der Waals surface area contributed by atoms with E-state index in [-0.39, 0.29) is 5.69 Å². The predicted molar refractivity (Wildman–Crippen MR) is 113 cm³/mol. The van der Waals surface area contributed by atoms with Crippen molar-refractivity contribution in [1.29, 1.82) is 5.26 Å². The first kappa shape index (κ1) is 19.6. The molecule has 4 aromatic rings. The highest BCUT2D eigenvalue weighted by Gasteiger charge is 2.12. The molecule has 4 rings (SSSR count). The van der Waals surface area contributed by atoms with E-state index in [1.165, 1.54) is 18.3 Å². The number of aryl methyl sites for hydroxylation is 1. The Kier molecular flexibility index (Phi) is 5.05. The summed E-state index contributed by atoms with van der Waals surface area (Å²) in [4.78, 5) is 11.4. The third kappa shape index (κ3) is 3.91. The first-order valence-corrected chi connectivity index (χ1v) is 9.14. The molecule has 31 heavy (non-hydrogen) atoms. The first-order valence-electron chi connectivity index (χ1n) is 9.14. The Morgan fingerprint density at radius 1 is 1.16 bits per heavy atom. The van der Waals surface area contributed by atoms with Gasteiger partial charge in [-0.2, -0.15) is 15.5 Å². The number of aromatic nitrogens is 4. The molecule has 0 aliphatic carbocycles. The third-order valence-corrected chi connectivity index (χ3v) is 4.52. The van der Waals surface area contributed by atoms with E-state index in [1.54, 1.807) is 27.7 Å². The number of amides is 1. The smallest absolute Gasteiger partial charge is 0.247 e. The fourth-order valence-electron chi connectivity index (χ4n) is 3.04. The van der Waals surface area contributed by atoms with Gasteiger partial charge in [0, 0.05) is 36.1 Å². The summed E-state index contributed by atoms with van der Waals surface area (Å²) in [6.45, 7) is 3.34. The molecule has 0 bridgehead atoms. The summed E-state index contributed by atoms with van der Waals surface area (Å²) in [5.41, 5.74) is 3.67. The lowest BCUT2D eigenvalue weighted by Crippen LogP contribution is -2.08. The van der Waals surface area contributed by atoms with Crippen molar-refractivity contribution in [3.63, 3.8) is 0 Å². The van der Waals surface area contributed by atoms with Crippen molar-refractivity contribution >= 4 is 17.1 Å². The molecule has 0 aliphatic heterocycles. The standard InChI is InChI=1S/C23H15FN6O/c1-3-22(31)28-21-7-5-15(8-20(21)24)4-6-16-9-17(19-12-26-29(2)13-19)14-30-23(16)18(10-25)11-27-30/h3,5,7-9,11-14H,1H2,2H3,(H,28,31). The third-order valence-electron chi connectivity index (χ3n) is 4.52. The van der Waals surface area contributed by atoms with Gasteiger partial charge in [0.2, 0.25) is 5.91 Å². The zero-order chi connectivity index (χ0) is 22.0. The van der Waals surface area contributed by atoms with Crippen molar-refractivity contribution in [3.05, 3.63) is 84.2 Å². The summed E-state index contributed by atoms with van der Waals surface area (Å²) in [6, 6.07) is 8.22. The number of benzene rings is 1. The van der Waals surface area contributed by atoms with E-state index >= 15 is 0 Å². The molecule has 1 amide bonds. The topological polar surface area (TPSA) is 88.0 Å². The van der Waals surface area contributed by atoms with Crippen molar-refractivity contribution in [1.82, 2.24) is 19.4 Å². The monoisotopic (exact) mass is 410 g/mol. The van der Waals surface area contributed by atoms with Crippen molar-refractivity contribution in [2.24, 2.45) is 7.05 Å². The van der Waals surface area contributed by atoms with Crippen LogP contribution < -0.4 is 5.32 Å². The second kappa shape index (κ2) is 7.97. The van der Waals surface area contributed by atoms with E-state index in [0.29, 0.717) is 22.2 Å². The Morgan fingerprint density at radius 2 is 2.00 bits per heavy atom. The molecule has 1 aromatic carbocycles. The van der Waals surface area contributed by atoms with Crippen molar-refractivity contribution in [2.75, 3.05) is 5.32 Å². The molecule has 3 heterocycles. The highest BCUT2D eigenvalue weighted by molar-refractivity contribution is 5.99. The maximum absolute atomic E-state index is 14.3. The molecular formula is C23H15FN6O. The summed E-state index contributed by atoms with van der Waals surface area (Å²) in [6.07, 6.45) is 7.92. The minimum absolute atomic E-state index is 0.0407. The van der Waals surface area contributed by atoms with Gasteiger partial charge in [0.15, 0.2) is 0 Å². The van der Waals surface area contributed by atoms with Gasteiger partial charge in [-0.25, -0.2) is 8.91 Å². The number of halogens is 1. The van der Waals surface area contributed by atoms with Crippen LogP contribution in [0.4, 0.5) is 10.1 Å². The van der Waals surface area contributed by atoms with E-state index in [9.17, 15) is 14.4 Å². The number of nitrogens with zero attached hydrogens (tertiary/aromatic N) is 5. The normalized spacial score (nSPS) is 10.2. The van der Waals surface area contributed by atoms with Crippen molar-refractivity contribution in [3.8, 4) is 29.0 Å². The average Bonchev–Trinajstić information content (AvgIpc) is 3.39. The van der Waals surface area contributed by atoms with Gasteiger partial charge in [-0.05, 0) is 30.3 Å². The number of hydrogen-bond donors (Lipinski definition) is 1. The molecular weight excluding hydrogens is 395 g/mol. The number of rotatable bonds is 3. The summed E-state index contributed by atoms with van der Waals surface area (Å²) in [7, 11) is 1.82. The lowest BCUT2D eigenvalue weighted by atomic mass is 10.1. The second-order valence-corrected chi connectivity index (χ2v) is 6.65. The van der Waals surface area contributed by atoms with E-state index in [4.69, 9.17) is 0 Å². The van der Waals surface area contributed by atoms with Crippen LogP contribution in [-0.2, 0) is 11.8 Å². The molecule has 8 heteroatoms.